The zero-order chi connectivity index (χ0) is 9.56. The zero-order valence-corrected chi connectivity index (χ0v) is 6.61. The van der Waals surface area contributed by atoms with Gasteiger partial charge in [-0.2, -0.15) is 0 Å². The fourth-order valence-corrected chi connectivity index (χ4v) is 0.369. The van der Waals surface area contributed by atoms with Gasteiger partial charge in [0.1, 0.15) is 13.2 Å². The molecule has 0 heterocycles. The first-order valence-electron chi connectivity index (χ1n) is 3.14. The summed E-state index contributed by atoms with van der Waals surface area (Å²) in [6.45, 7) is 4.40. The first kappa shape index (κ1) is 10.4. The first-order valence-corrected chi connectivity index (χ1v) is 3.14. The Bertz CT molecular complexity index is 200. The van der Waals surface area contributed by atoms with Crippen LogP contribution in [-0.4, -0.2) is 24.3 Å². The molecule has 0 aliphatic carbocycles. The molecule has 12 heavy (non-hydrogen) atoms. The maximum Gasteiger partial charge on any atom is 0.333 e. The molecule has 0 fully saturated rings. The summed E-state index contributed by atoms with van der Waals surface area (Å²) in [5.41, 5.74) is 0.246. The lowest BCUT2D eigenvalue weighted by Gasteiger charge is -2.01. The summed E-state index contributed by atoms with van der Waals surface area (Å²) in [4.78, 5) is 24.1. The van der Waals surface area contributed by atoms with E-state index in [-0.39, 0.29) is 18.8 Å². The van der Waals surface area contributed by atoms with Gasteiger partial charge in [-0.1, -0.05) is 6.58 Å². The highest BCUT2D eigenvalue weighted by Crippen LogP contribution is 1.91. The van der Waals surface area contributed by atoms with Crippen LogP contribution in [0.3, 0.4) is 0 Å². The molecule has 0 aliphatic heterocycles. The van der Waals surface area contributed by atoms with Gasteiger partial charge in [-0.15, -0.1) is 10.1 Å². The molecule has 0 amide bonds. The molecule has 68 valence electrons. The lowest BCUT2D eigenvalue weighted by atomic mass is 10.4. The predicted molar refractivity (Wildman–Crippen MR) is 38.7 cm³/mol. The molecule has 0 unspecified atom stereocenters. The van der Waals surface area contributed by atoms with Crippen LogP contribution < -0.4 is 0 Å². The summed E-state index contributed by atoms with van der Waals surface area (Å²) in [7, 11) is 0. The van der Waals surface area contributed by atoms with E-state index in [2.05, 4.69) is 16.2 Å². The summed E-state index contributed by atoms with van der Waals surface area (Å²) < 4.78 is 4.49. The number of esters is 1. The fraction of sp³-hybridized carbons (Fsp3) is 0.500. The number of carbonyl (C=O) groups excluding carboxylic acids is 1. The molecule has 0 bridgehead atoms. The maximum atomic E-state index is 10.6. The van der Waals surface area contributed by atoms with Gasteiger partial charge in [0.05, 0.1) is 0 Å². The molecule has 0 rings (SSSR count). The van der Waals surface area contributed by atoms with Gasteiger partial charge in [-0.3, -0.25) is 0 Å². The van der Waals surface area contributed by atoms with Crippen molar-refractivity contribution in [2.24, 2.45) is 0 Å². The van der Waals surface area contributed by atoms with E-state index in [4.69, 9.17) is 0 Å². The molecule has 0 saturated heterocycles. The number of hydrogen-bond donors (Lipinski definition) is 0. The van der Waals surface area contributed by atoms with Crippen molar-refractivity contribution in [1.82, 2.24) is 0 Å². The molecule has 0 saturated carbocycles. The van der Waals surface area contributed by atoms with Gasteiger partial charge < -0.3 is 9.57 Å². The number of carbonyl (C=O) groups is 1. The Balaban J connectivity index is 3.38. The minimum Gasteiger partial charge on any atom is -0.460 e. The van der Waals surface area contributed by atoms with Crippen molar-refractivity contribution in [2.45, 2.75) is 6.92 Å². The van der Waals surface area contributed by atoms with Gasteiger partial charge in [0.25, 0.3) is 5.09 Å². The molecule has 0 atom stereocenters. The summed E-state index contributed by atoms with van der Waals surface area (Å²) in [6.07, 6.45) is 0. The largest absolute Gasteiger partial charge is 0.460 e. The molecular formula is C6H9NO5. The summed E-state index contributed by atoms with van der Waals surface area (Å²) >= 11 is 0. The molecule has 0 spiro atoms. The van der Waals surface area contributed by atoms with Crippen molar-refractivity contribution in [3.63, 3.8) is 0 Å². The van der Waals surface area contributed by atoms with E-state index in [1.807, 2.05) is 0 Å². The molecule has 0 radical (unpaired) electrons. The highest BCUT2D eigenvalue weighted by Gasteiger charge is 2.02. The predicted octanol–water partition coefficient (Wildman–Crippen LogP) is 0.314. The lowest BCUT2D eigenvalue weighted by molar-refractivity contribution is -0.757. The fourth-order valence-electron chi connectivity index (χ4n) is 0.369. The van der Waals surface area contributed by atoms with Crippen molar-refractivity contribution in [3.05, 3.63) is 22.3 Å². The monoisotopic (exact) mass is 175 g/mol. The first-order chi connectivity index (χ1) is 5.54. The molecule has 0 aromatic rings. The van der Waals surface area contributed by atoms with Gasteiger partial charge in [0.15, 0.2) is 0 Å². The standard InChI is InChI=1S/C6H9NO5/c1-5(2)6(8)11-3-4-12-7(9)10/h1,3-4H2,2H3. The Morgan fingerprint density at radius 3 is 2.58 bits per heavy atom. The van der Waals surface area contributed by atoms with E-state index in [1.165, 1.54) is 6.92 Å². The SMILES string of the molecule is C=C(C)C(=O)OCCO[N+](=O)[O-]. The lowest BCUT2D eigenvalue weighted by Crippen LogP contribution is -2.12. The topological polar surface area (TPSA) is 78.7 Å². The number of ether oxygens (including phenoxy) is 1. The van der Waals surface area contributed by atoms with Crippen LogP contribution in [0, 0.1) is 10.1 Å². The molecule has 6 heteroatoms. The second-order valence-corrected chi connectivity index (χ2v) is 1.97. The van der Waals surface area contributed by atoms with Crippen LogP contribution in [0.5, 0.6) is 0 Å². The Morgan fingerprint density at radius 2 is 2.17 bits per heavy atom. The van der Waals surface area contributed by atoms with Crippen LogP contribution in [0.2, 0.25) is 0 Å². The average molecular weight is 175 g/mol. The maximum absolute atomic E-state index is 10.6. The third kappa shape index (κ3) is 5.21. The molecule has 0 aromatic heterocycles. The second kappa shape index (κ2) is 5.11. The third-order valence-corrected chi connectivity index (χ3v) is 0.862. The summed E-state index contributed by atoms with van der Waals surface area (Å²) in [6, 6.07) is 0. The van der Waals surface area contributed by atoms with Crippen LogP contribution in [0.15, 0.2) is 12.2 Å². The Hall–Kier alpha value is -1.59. The van der Waals surface area contributed by atoms with E-state index < -0.39 is 11.1 Å². The van der Waals surface area contributed by atoms with Crippen LogP contribution in [0.25, 0.3) is 0 Å². The van der Waals surface area contributed by atoms with Crippen molar-refractivity contribution in [2.75, 3.05) is 13.2 Å². The molecule has 0 aliphatic rings. The van der Waals surface area contributed by atoms with E-state index in [0.717, 1.165) is 0 Å². The number of nitrogens with zero attached hydrogens (tertiary/aromatic N) is 1. The summed E-state index contributed by atoms with van der Waals surface area (Å²) in [5.74, 6) is -0.582. The minimum atomic E-state index is -0.950. The van der Waals surface area contributed by atoms with Crippen LogP contribution >= 0.6 is 0 Å². The van der Waals surface area contributed by atoms with Crippen LogP contribution in [0.4, 0.5) is 0 Å². The van der Waals surface area contributed by atoms with E-state index >= 15 is 0 Å². The number of rotatable bonds is 5. The van der Waals surface area contributed by atoms with Gasteiger partial charge in [-0.25, -0.2) is 4.79 Å². The van der Waals surface area contributed by atoms with E-state index in [0.29, 0.717) is 0 Å². The van der Waals surface area contributed by atoms with Crippen LogP contribution in [0.1, 0.15) is 6.92 Å². The summed E-state index contributed by atoms with van der Waals surface area (Å²) in [5, 5.41) is 8.65. The van der Waals surface area contributed by atoms with Gasteiger partial charge in [0, 0.05) is 5.57 Å². The normalized spacial score (nSPS) is 8.75. The van der Waals surface area contributed by atoms with Crippen molar-refractivity contribution < 1.29 is 19.5 Å². The van der Waals surface area contributed by atoms with E-state index in [9.17, 15) is 14.9 Å². The average Bonchev–Trinajstić information content (AvgIpc) is 1.97. The Kier molecular flexibility index (Phi) is 4.43. The van der Waals surface area contributed by atoms with Gasteiger partial charge >= 0.3 is 5.97 Å². The van der Waals surface area contributed by atoms with Gasteiger partial charge in [-0.05, 0) is 6.92 Å². The second-order valence-electron chi connectivity index (χ2n) is 1.97. The van der Waals surface area contributed by atoms with E-state index in [1.54, 1.807) is 0 Å². The van der Waals surface area contributed by atoms with Crippen molar-refractivity contribution >= 4 is 5.97 Å². The smallest absolute Gasteiger partial charge is 0.333 e. The third-order valence-electron chi connectivity index (χ3n) is 0.862. The van der Waals surface area contributed by atoms with Crippen LogP contribution in [-0.2, 0) is 14.4 Å². The van der Waals surface area contributed by atoms with Gasteiger partial charge in [0.2, 0.25) is 0 Å². The zero-order valence-electron chi connectivity index (χ0n) is 6.61. The Labute approximate surface area is 68.9 Å². The molecule has 0 N–H and O–H groups in total. The minimum absolute atomic E-state index is 0.146. The molecular weight excluding hydrogens is 166 g/mol. The van der Waals surface area contributed by atoms with Crippen molar-refractivity contribution in [3.8, 4) is 0 Å². The Morgan fingerprint density at radius 1 is 1.58 bits per heavy atom. The highest BCUT2D eigenvalue weighted by atomic mass is 17.0. The number of hydrogen-bond acceptors (Lipinski definition) is 5. The van der Waals surface area contributed by atoms with Crippen molar-refractivity contribution in [1.29, 1.82) is 0 Å². The highest BCUT2D eigenvalue weighted by molar-refractivity contribution is 5.86. The quantitative estimate of drug-likeness (QED) is 0.197. The molecule has 6 nitrogen and oxygen atoms in total. The molecule has 0 aromatic carbocycles.